The van der Waals surface area contributed by atoms with Crippen molar-refractivity contribution in [2.24, 2.45) is 46.3 Å². The molecular weight excluding hydrogens is 816 g/mol. The summed E-state index contributed by atoms with van der Waals surface area (Å²) in [5.41, 5.74) is 1.41. The van der Waals surface area contributed by atoms with Crippen LogP contribution in [0, 0.1) is 46.3 Å². The van der Waals surface area contributed by atoms with E-state index in [1.165, 1.54) is 5.57 Å². The maximum Gasteiger partial charge on any atom is 0.189 e. The molecule has 0 radical (unpaired) electrons. The van der Waals surface area contributed by atoms with E-state index in [2.05, 4.69) is 33.8 Å². The summed E-state index contributed by atoms with van der Waals surface area (Å²) in [5.74, 6) is 2.46. The van der Waals surface area contributed by atoms with Crippen LogP contribution in [0.1, 0.15) is 85.5 Å². The van der Waals surface area contributed by atoms with Gasteiger partial charge >= 0.3 is 0 Å². The lowest BCUT2D eigenvalue weighted by Crippen LogP contribution is -2.67. The Kier molecular flexibility index (Phi) is 12.9. The van der Waals surface area contributed by atoms with Gasteiger partial charge < -0.3 is 89.0 Å². The molecule has 8 fully saturated rings. The molecule has 3 saturated carbocycles. The first-order valence-electron chi connectivity index (χ1n) is 23.0. The molecule has 7 unspecified atom stereocenters. The highest BCUT2D eigenvalue weighted by molar-refractivity contribution is 5.26. The first-order valence-corrected chi connectivity index (χ1v) is 23.0. The highest BCUT2D eigenvalue weighted by Crippen LogP contribution is 2.70. The first kappa shape index (κ1) is 46.1. The second kappa shape index (κ2) is 17.3. The van der Waals surface area contributed by atoms with Gasteiger partial charge in [0.2, 0.25) is 0 Å². The Morgan fingerprint density at radius 2 is 1.35 bits per heavy atom. The van der Waals surface area contributed by atoms with Crippen molar-refractivity contribution < 1.29 is 89.0 Å². The molecule has 26 atom stereocenters. The van der Waals surface area contributed by atoms with Crippen molar-refractivity contribution in [1.82, 2.24) is 0 Å². The second-order valence-electron chi connectivity index (χ2n) is 20.8. The third-order valence-corrected chi connectivity index (χ3v) is 17.4. The van der Waals surface area contributed by atoms with Crippen LogP contribution in [-0.4, -0.2) is 181 Å². The zero-order chi connectivity index (χ0) is 44.2. The van der Waals surface area contributed by atoms with E-state index in [1.807, 2.05) is 0 Å². The van der Waals surface area contributed by atoms with E-state index in [0.717, 1.165) is 51.6 Å². The number of allylic oxidation sites excluding steroid dienone is 1. The third kappa shape index (κ3) is 7.48. The molecule has 62 heavy (non-hydrogen) atoms. The Bertz CT molecular complexity index is 1610. The first-order chi connectivity index (χ1) is 29.4. The molecule has 0 bridgehead atoms. The van der Waals surface area contributed by atoms with Crippen LogP contribution < -0.4 is 0 Å². The Morgan fingerprint density at radius 3 is 2.05 bits per heavy atom. The van der Waals surface area contributed by atoms with Crippen LogP contribution in [0.3, 0.4) is 0 Å². The number of rotatable bonds is 8. The molecule has 0 aromatic rings. The van der Waals surface area contributed by atoms with Gasteiger partial charge in [-0.15, -0.1) is 0 Å². The number of fused-ring (bicyclic) bond motifs is 7. The van der Waals surface area contributed by atoms with Crippen molar-refractivity contribution in [3.63, 3.8) is 0 Å². The number of ether oxygens (including phenoxy) is 8. The maximum atomic E-state index is 11.9. The SMILES string of the molecule is C[C@@H]1CC[C@@]2(OC1)O[C@H]1C[C@H]3[C@@H]4CC=C5CC(O[C@@H]6OC(CO)[C@@H](O[C@@H]7OC(CO)[C@@H](O)[C@H](O)C7O)[C@H](O)C6O[C@@H]6OC(O)[C@H](O)[C@H](O)C6O)CC[C@]5(C)[C@H]4CC[C@]3(C)[C@H]1[C@@H]2C. The van der Waals surface area contributed by atoms with Gasteiger partial charge in [0.25, 0.3) is 0 Å². The molecule has 0 amide bonds. The average molecular weight is 887 g/mol. The summed E-state index contributed by atoms with van der Waals surface area (Å²) in [6.07, 6.45) is -15.0. The van der Waals surface area contributed by atoms with Gasteiger partial charge in [-0.25, -0.2) is 0 Å². The number of aliphatic hydroxyl groups excluding tert-OH is 10. The van der Waals surface area contributed by atoms with Crippen LogP contribution in [-0.2, 0) is 37.9 Å². The number of aliphatic hydroxyl groups is 10. The van der Waals surface area contributed by atoms with Gasteiger partial charge in [-0.05, 0) is 91.8 Å². The molecule has 0 aromatic heterocycles. The molecule has 18 nitrogen and oxygen atoms in total. The minimum Gasteiger partial charge on any atom is -0.394 e. The summed E-state index contributed by atoms with van der Waals surface area (Å²) in [6.45, 7) is 8.81. The fourth-order valence-electron chi connectivity index (χ4n) is 13.8. The third-order valence-electron chi connectivity index (χ3n) is 17.4. The fourth-order valence-corrected chi connectivity index (χ4v) is 13.8. The highest BCUT2D eigenvalue weighted by atomic mass is 16.8. The van der Waals surface area contributed by atoms with Gasteiger partial charge in [0, 0.05) is 12.3 Å². The van der Waals surface area contributed by atoms with Gasteiger partial charge in [0.1, 0.15) is 67.1 Å². The van der Waals surface area contributed by atoms with Crippen molar-refractivity contribution in [2.45, 2.75) is 196 Å². The maximum absolute atomic E-state index is 11.9. The van der Waals surface area contributed by atoms with Gasteiger partial charge in [0.05, 0.1) is 32.0 Å². The van der Waals surface area contributed by atoms with Gasteiger partial charge in [-0.1, -0.05) is 39.3 Å². The summed E-state index contributed by atoms with van der Waals surface area (Å²) in [5, 5.41) is 105. The van der Waals surface area contributed by atoms with Gasteiger partial charge in [-0.2, -0.15) is 0 Å². The normalized spacial score (nSPS) is 57.6. The van der Waals surface area contributed by atoms with E-state index in [4.69, 9.17) is 37.9 Å². The minimum atomic E-state index is -1.97. The zero-order valence-corrected chi connectivity index (χ0v) is 36.1. The molecule has 1 spiro atoms. The number of hydrogen-bond donors (Lipinski definition) is 10. The predicted octanol–water partition coefficient (Wildman–Crippen LogP) is -0.856. The second-order valence-corrected chi connectivity index (χ2v) is 20.8. The summed E-state index contributed by atoms with van der Waals surface area (Å²) in [7, 11) is 0. The molecule has 9 rings (SSSR count). The van der Waals surface area contributed by atoms with E-state index < -0.39 is 117 Å². The Hall–Kier alpha value is -0.980. The highest BCUT2D eigenvalue weighted by Gasteiger charge is 2.69. The lowest BCUT2D eigenvalue weighted by Gasteiger charge is -2.58. The smallest absolute Gasteiger partial charge is 0.189 e. The quantitative estimate of drug-likeness (QED) is 0.133. The van der Waals surface area contributed by atoms with Crippen molar-refractivity contribution in [3.8, 4) is 0 Å². The van der Waals surface area contributed by atoms with Crippen molar-refractivity contribution in [2.75, 3.05) is 19.8 Å². The number of hydrogen-bond acceptors (Lipinski definition) is 18. The molecule has 5 saturated heterocycles. The van der Waals surface area contributed by atoms with E-state index >= 15 is 0 Å². The topological polar surface area (TPSA) is 276 Å². The fraction of sp³-hybridized carbons (Fsp3) is 0.955. The van der Waals surface area contributed by atoms with E-state index in [9.17, 15) is 51.1 Å². The molecule has 18 heteroatoms. The summed E-state index contributed by atoms with van der Waals surface area (Å²) < 4.78 is 49.1. The van der Waals surface area contributed by atoms with E-state index in [-0.39, 0.29) is 16.9 Å². The van der Waals surface area contributed by atoms with Crippen LogP contribution in [0.25, 0.3) is 0 Å². The van der Waals surface area contributed by atoms with E-state index in [0.29, 0.717) is 48.3 Å². The largest absolute Gasteiger partial charge is 0.394 e. The molecule has 4 aliphatic carbocycles. The standard InChI is InChI=1S/C44H70O18/c1-18-7-12-44(55-17-18)19(2)28-25(62-44)14-24-22-6-5-20-13-21(8-10-42(20,3)23(22)9-11-43(24,28)4)56-41-37(60-40-34(52)31(49)32(50)38(54)61-40)35(53)36(27(16-46)58-41)59-39-33(51)30(48)29(47)26(15-45)57-39/h5,18-19,21-41,45-54H,6-17H2,1-4H3/t18-,19+,21?,22-,23+,24+,25+,26?,27?,28+,29-,30+,31+,32-,33?,34?,35+,36-,37?,38?,39+,40-,41-,42+,43+,44-/m1/s1. The molecule has 5 aliphatic heterocycles. The van der Waals surface area contributed by atoms with Crippen LogP contribution >= 0.6 is 0 Å². The Balaban J connectivity index is 0.917. The molecule has 0 aromatic carbocycles. The Labute approximate surface area is 362 Å². The Morgan fingerprint density at radius 1 is 0.677 bits per heavy atom. The lowest BCUT2D eigenvalue weighted by atomic mass is 9.47. The van der Waals surface area contributed by atoms with Crippen LogP contribution in [0.2, 0.25) is 0 Å². The summed E-state index contributed by atoms with van der Waals surface area (Å²) in [6, 6.07) is 0. The monoisotopic (exact) mass is 886 g/mol. The van der Waals surface area contributed by atoms with Gasteiger partial charge in [0.15, 0.2) is 30.9 Å². The van der Waals surface area contributed by atoms with Crippen LogP contribution in [0.15, 0.2) is 11.6 Å². The van der Waals surface area contributed by atoms with E-state index in [1.54, 1.807) is 0 Å². The van der Waals surface area contributed by atoms with Gasteiger partial charge in [-0.3, -0.25) is 0 Å². The van der Waals surface area contributed by atoms with Crippen molar-refractivity contribution in [1.29, 1.82) is 0 Å². The molecule has 10 N–H and O–H groups in total. The molecule has 5 heterocycles. The molecule has 9 aliphatic rings. The minimum absolute atomic E-state index is 0.0634. The van der Waals surface area contributed by atoms with Crippen molar-refractivity contribution in [3.05, 3.63) is 11.6 Å². The summed E-state index contributed by atoms with van der Waals surface area (Å²) >= 11 is 0. The summed E-state index contributed by atoms with van der Waals surface area (Å²) in [4.78, 5) is 0. The van der Waals surface area contributed by atoms with Crippen molar-refractivity contribution >= 4 is 0 Å². The lowest BCUT2D eigenvalue weighted by molar-refractivity contribution is -0.400. The molecular formula is C44H70O18. The zero-order valence-electron chi connectivity index (χ0n) is 36.1. The molecule has 354 valence electrons. The predicted molar refractivity (Wildman–Crippen MR) is 211 cm³/mol. The average Bonchev–Trinajstić information content (AvgIpc) is 3.70. The van der Waals surface area contributed by atoms with Crippen LogP contribution in [0.4, 0.5) is 0 Å². The van der Waals surface area contributed by atoms with Crippen LogP contribution in [0.5, 0.6) is 0 Å².